The van der Waals surface area contributed by atoms with Crippen molar-refractivity contribution < 1.29 is 9.84 Å². The van der Waals surface area contributed by atoms with E-state index in [0.717, 1.165) is 25.0 Å². The number of aliphatic hydroxyl groups excluding tert-OH is 1. The topological polar surface area (TPSA) is 29.5 Å². The van der Waals surface area contributed by atoms with Crippen molar-refractivity contribution in [3.05, 3.63) is 34.7 Å². The van der Waals surface area contributed by atoms with Crippen LogP contribution in [0.4, 0.5) is 0 Å². The second-order valence-electron chi connectivity index (χ2n) is 6.06. The molecule has 0 fully saturated rings. The zero-order valence-electron chi connectivity index (χ0n) is 11.8. The molecule has 2 atom stereocenters. The van der Waals surface area contributed by atoms with Gasteiger partial charge >= 0.3 is 0 Å². The summed E-state index contributed by atoms with van der Waals surface area (Å²) in [6.45, 7) is 2.21. The third-order valence-corrected chi connectivity index (χ3v) is 6.26. The van der Waals surface area contributed by atoms with Crippen molar-refractivity contribution in [1.82, 2.24) is 0 Å². The Balaban J connectivity index is 1.94. The number of hydrogen-bond acceptors (Lipinski definition) is 3. The van der Waals surface area contributed by atoms with Crippen LogP contribution in [0.25, 0.3) is 15.7 Å². The molecule has 0 spiro atoms. The van der Waals surface area contributed by atoms with Crippen LogP contribution in [0.5, 0.6) is 5.75 Å². The van der Waals surface area contributed by atoms with Gasteiger partial charge < -0.3 is 9.84 Å². The Labute approximate surface area is 122 Å². The molecule has 3 heteroatoms. The van der Waals surface area contributed by atoms with E-state index in [0.29, 0.717) is 0 Å². The number of aliphatic hydroxyl groups is 1. The minimum Gasteiger partial charge on any atom is -0.497 e. The molecule has 1 unspecified atom stereocenters. The van der Waals surface area contributed by atoms with E-state index < -0.39 is 0 Å². The van der Waals surface area contributed by atoms with Gasteiger partial charge in [-0.3, -0.25) is 0 Å². The minimum atomic E-state index is -0.217. The van der Waals surface area contributed by atoms with E-state index in [4.69, 9.17) is 4.74 Å². The largest absolute Gasteiger partial charge is 0.497 e. The summed E-state index contributed by atoms with van der Waals surface area (Å²) in [7, 11) is 1.71. The molecule has 0 amide bonds. The van der Waals surface area contributed by atoms with Crippen LogP contribution >= 0.6 is 11.3 Å². The molecule has 2 aliphatic carbocycles. The number of ether oxygens (including phenoxy) is 1. The molecule has 0 saturated carbocycles. The Hall–Kier alpha value is -1.32. The normalized spacial score (nSPS) is 28.1. The van der Waals surface area contributed by atoms with Gasteiger partial charge in [0.1, 0.15) is 5.75 Å². The van der Waals surface area contributed by atoms with E-state index in [9.17, 15) is 5.11 Å². The predicted octanol–water partition coefficient (Wildman–Crippen LogP) is 4.01. The second-order valence-corrected chi connectivity index (χ2v) is 7.11. The van der Waals surface area contributed by atoms with E-state index in [-0.39, 0.29) is 11.5 Å². The van der Waals surface area contributed by atoms with E-state index in [1.807, 2.05) is 17.4 Å². The fourth-order valence-corrected chi connectivity index (χ4v) is 5.12. The Bertz CT molecular complexity index is 728. The van der Waals surface area contributed by atoms with Gasteiger partial charge in [0.15, 0.2) is 0 Å². The zero-order chi connectivity index (χ0) is 13.9. The third-order valence-electron chi connectivity index (χ3n) is 5.03. The second kappa shape index (κ2) is 4.09. The van der Waals surface area contributed by atoms with E-state index >= 15 is 0 Å². The molecule has 104 valence electrons. The average molecular weight is 286 g/mol. The maximum Gasteiger partial charge on any atom is 0.120 e. The van der Waals surface area contributed by atoms with Crippen LogP contribution < -0.4 is 4.74 Å². The molecular formula is C17H18O2S. The lowest BCUT2D eigenvalue weighted by Gasteiger charge is -2.35. The quantitative estimate of drug-likeness (QED) is 0.858. The summed E-state index contributed by atoms with van der Waals surface area (Å²) in [4.78, 5) is 1.39. The van der Waals surface area contributed by atoms with Gasteiger partial charge in [-0.15, -0.1) is 11.3 Å². The molecule has 1 aromatic heterocycles. The highest BCUT2D eigenvalue weighted by molar-refractivity contribution is 7.20. The average Bonchev–Trinajstić information content (AvgIpc) is 2.96. The van der Waals surface area contributed by atoms with Gasteiger partial charge in [-0.2, -0.15) is 0 Å². The fourth-order valence-electron chi connectivity index (χ4n) is 3.66. The summed E-state index contributed by atoms with van der Waals surface area (Å²) in [5.41, 5.74) is 2.79. The van der Waals surface area contributed by atoms with Crippen LogP contribution in [0.1, 0.15) is 30.2 Å². The van der Waals surface area contributed by atoms with Gasteiger partial charge in [0.25, 0.3) is 0 Å². The molecule has 1 heterocycles. The van der Waals surface area contributed by atoms with Gasteiger partial charge in [-0.25, -0.2) is 0 Å². The first-order chi connectivity index (χ1) is 9.63. The van der Waals surface area contributed by atoms with Crippen LogP contribution in [0.2, 0.25) is 0 Å². The van der Waals surface area contributed by atoms with Gasteiger partial charge in [0.2, 0.25) is 0 Å². The smallest absolute Gasteiger partial charge is 0.120 e. The van der Waals surface area contributed by atoms with Crippen molar-refractivity contribution >= 4 is 27.0 Å². The highest BCUT2D eigenvalue weighted by Crippen LogP contribution is 2.55. The Morgan fingerprint density at radius 1 is 1.40 bits per heavy atom. The number of thiophene rings is 1. The SMILES string of the molecule is COc1ccc2c3c(sc2c1)C1=CCC(O)[C@]1(C)CC3. The Kier molecular flexibility index (Phi) is 2.54. The van der Waals surface area contributed by atoms with Gasteiger partial charge in [-0.05, 0) is 54.0 Å². The Morgan fingerprint density at radius 2 is 2.25 bits per heavy atom. The molecule has 4 rings (SSSR count). The molecule has 0 aliphatic heterocycles. The van der Waals surface area contributed by atoms with Crippen LogP contribution in [-0.4, -0.2) is 18.3 Å². The maximum absolute atomic E-state index is 10.3. The summed E-state index contributed by atoms with van der Waals surface area (Å²) in [5.74, 6) is 0.916. The van der Waals surface area contributed by atoms with E-state index in [1.54, 1.807) is 7.11 Å². The van der Waals surface area contributed by atoms with Gasteiger partial charge in [0, 0.05) is 15.0 Å². The van der Waals surface area contributed by atoms with Crippen molar-refractivity contribution in [1.29, 1.82) is 0 Å². The first-order valence-corrected chi connectivity index (χ1v) is 7.93. The summed E-state index contributed by atoms with van der Waals surface area (Å²) < 4.78 is 6.62. The third kappa shape index (κ3) is 1.48. The van der Waals surface area contributed by atoms with Crippen LogP contribution in [-0.2, 0) is 6.42 Å². The molecular weight excluding hydrogens is 268 g/mol. The molecule has 0 radical (unpaired) electrons. The van der Waals surface area contributed by atoms with Crippen molar-refractivity contribution in [2.75, 3.05) is 7.11 Å². The number of rotatable bonds is 1. The molecule has 0 saturated heterocycles. The molecule has 20 heavy (non-hydrogen) atoms. The lowest BCUT2D eigenvalue weighted by Crippen LogP contribution is -2.32. The van der Waals surface area contributed by atoms with E-state index in [2.05, 4.69) is 25.1 Å². The van der Waals surface area contributed by atoms with Crippen molar-refractivity contribution in [3.8, 4) is 5.75 Å². The maximum atomic E-state index is 10.3. The summed E-state index contributed by atoms with van der Waals surface area (Å²) >= 11 is 1.85. The molecule has 1 aromatic carbocycles. The van der Waals surface area contributed by atoms with Crippen LogP contribution in [0, 0.1) is 5.41 Å². The van der Waals surface area contributed by atoms with Crippen molar-refractivity contribution in [2.24, 2.45) is 5.41 Å². The number of methoxy groups -OCH3 is 1. The minimum absolute atomic E-state index is 0.0437. The fraction of sp³-hybridized carbons (Fsp3) is 0.412. The molecule has 0 bridgehead atoms. The zero-order valence-corrected chi connectivity index (χ0v) is 12.6. The predicted molar refractivity (Wildman–Crippen MR) is 83.4 cm³/mol. The first-order valence-electron chi connectivity index (χ1n) is 7.12. The van der Waals surface area contributed by atoms with Crippen LogP contribution in [0.3, 0.4) is 0 Å². The molecule has 2 nitrogen and oxygen atoms in total. The summed E-state index contributed by atoms with van der Waals surface area (Å²) in [6.07, 6.45) is 4.93. The number of hydrogen-bond donors (Lipinski definition) is 1. The number of benzene rings is 1. The van der Waals surface area contributed by atoms with Crippen molar-refractivity contribution in [2.45, 2.75) is 32.3 Å². The number of aryl methyl sites for hydroxylation is 1. The lowest BCUT2D eigenvalue weighted by atomic mass is 9.71. The molecule has 2 aliphatic rings. The number of fused-ring (bicyclic) bond motifs is 5. The summed E-state index contributed by atoms with van der Waals surface area (Å²) in [6, 6.07) is 6.35. The Morgan fingerprint density at radius 3 is 3.05 bits per heavy atom. The van der Waals surface area contributed by atoms with E-state index in [1.165, 1.54) is 26.1 Å². The molecule has 1 N–H and O–H groups in total. The van der Waals surface area contributed by atoms with Gasteiger partial charge in [-0.1, -0.05) is 13.0 Å². The standard InChI is InChI=1S/C17H18O2S/c1-17-8-7-12-11-4-3-10(19-2)9-14(11)20-16(12)13(17)5-6-15(17)18/h3-5,9,15,18H,6-8H2,1-2H3/t15?,17-/m1/s1. The highest BCUT2D eigenvalue weighted by Gasteiger charge is 2.44. The summed E-state index contributed by atoms with van der Waals surface area (Å²) in [5, 5.41) is 11.7. The highest BCUT2D eigenvalue weighted by atomic mass is 32.1. The van der Waals surface area contributed by atoms with Gasteiger partial charge in [0.05, 0.1) is 13.2 Å². The first kappa shape index (κ1) is 12.4. The molecule has 2 aromatic rings. The van der Waals surface area contributed by atoms with Crippen LogP contribution in [0.15, 0.2) is 24.3 Å². The monoisotopic (exact) mass is 286 g/mol. The lowest BCUT2D eigenvalue weighted by molar-refractivity contribution is 0.0830. The van der Waals surface area contributed by atoms with Crippen molar-refractivity contribution in [3.63, 3.8) is 0 Å².